The van der Waals surface area contributed by atoms with E-state index in [4.69, 9.17) is 0 Å². The highest BCUT2D eigenvalue weighted by molar-refractivity contribution is 5.91. The second-order valence-corrected chi connectivity index (χ2v) is 8.20. The van der Waals surface area contributed by atoms with Crippen molar-refractivity contribution in [2.24, 2.45) is 0 Å². The van der Waals surface area contributed by atoms with Crippen LogP contribution in [0.5, 0.6) is 0 Å². The van der Waals surface area contributed by atoms with Gasteiger partial charge in [-0.2, -0.15) is 0 Å². The van der Waals surface area contributed by atoms with Crippen LogP contribution in [0.25, 0.3) is 22.7 Å². The number of allylic oxidation sites excluding steroid dienone is 1. The number of hydrogen-bond acceptors (Lipinski definition) is 2. The predicted molar refractivity (Wildman–Crippen MR) is 113 cm³/mol. The fourth-order valence-corrected chi connectivity index (χ4v) is 4.92. The Labute approximate surface area is 161 Å². The molecule has 0 aliphatic carbocycles. The molecule has 3 heteroatoms. The van der Waals surface area contributed by atoms with Crippen molar-refractivity contribution in [3.63, 3.8) is 0 Å². The number of benzene rings is 1. The molecule has 1 saturated heterocycles. The highest BCUT2D eigenvalue weighted by Gasteiger charge is 2.35. The predicted octanol–water partition coefficient (Wildman–Crippen LogP) is 5.36. The van der Waals surface area contributed by atoms with Crippen molar-refractivity contribution < 1.29 is 0 Å². The van der Waals surface area contributed by atoms with Gasteiger partial charge in [-0.05, 0) is 75.1 Å². The first-order valence-electron chi connectivity index (χ1n) is 10.1. The molecule has 1 aromatic carbocycles. The Kier molecular flexibility index (Phi) is 3.94. The van der Waals surface area contributed by atoms with Gasteiger partial charge in [-0.25, -0.2) is 0 Å². The standard InChI is InChI=1S/C24H27N3/c1-16-6-9-21-20(13-16)24-22-5-4-11-26(22)12-10-23(24)27(21)15-17(2)19-8-7-18(3)25-14-19/h6-9,13-15,22H,4-5,10-12H2,1-3H3/b17-15+. The molecule has 3 aromatic rings. The molecule has 0 spiro atoms. The molecule has 3 nitrogen and oxygen atoms in total. The van der Waals surface area contributed by atoms with Crippen LogP contribution in [-0.2, 0) is 6.42 Å². The number of nitrogens with zero attached hydrogens (tertiary/aromatic N) is 3. The van der Waals surface area contributed by atoms with Gasteiger partial charge in [0.05, 0.1) is 5.52 Å². The van der Waals surface area contributed by atoms with Gasteiger partial charge >= 0.3 is 0 Å². The molecule has 2 aliphatic heterocycles. The fraction of sp³-hybridized carbons (Fsp3) is 0.375. The van der Waals surface area contributed by atoms with Crippen molar-refractivity contribution in [1.29, 1.82) is 0 Å². The van der Waals surface area contributed by atoms with Crippen LogP contribution in [-0.4, -0.2) is 27.5 Å². The van der Waals surface area contributed by atoms with Crippen LogP contribution in [0.2, 0.25) is 0 Å². The minimum absolute atomic E-state index is 0.606. The molecule has 5 rings (SSSR count). The lowest BCUT2D eigenvalue weighted by atomic mass is 9.95. The number of pyridine rings is 1. The number of fused-ring (bicyclic) bond motifs is 5. The summed E-state index contributed by atoms with van der Waals surface area (Å²) in [6.07, 6.45) is 8.07. The summed E-state index contributed by atoms with van der Waals surface area (Å²) in [7, 11) is 0. The minimum Gasteiger partial charge on any atom is -0.320 e. The van der Waals surface area contributed by atoms with Crippen molar-refractivity contribution in [3.05, 3.63) is 64.6 Å². The summed E-state index contributed by atoms with van der Waals surface area (Å²) in [5.74, 6) is 0. The number of rotatable bonds is 2. The van der Waals surface area contributed by atoms with Gasteiger partial charge in [-0.3, -0.25) is 9.88 Å². The topological polar surface area (TPSA) is 21.1 Å². The molecular formula is C24H27N3. The van der Waals surface area contributed by atoms with E-state index in [0.29, 0.717) is 6.04 Å². The average molecular weight is 358 g/mol. The first-order chi connectivity index (χ1) is 13.1. The summed E-state index contributed by atoms with van der Waals surface area (Å²) in [6, 6.07) is 11.8. The van der Waals surface area contributed by atoms with E-state index < -0.39 is 0 Å². The number of aromatic nitrogens is 2. The molecule has 0 amide bonds. The summed E-state index contributed by atoms with van der Waals surface area (Å²) in [4.78, 5) is 7.17. The van der Waals surface area contributed by atoms with Gasteiger partial charge in [0.25, 0.3) is 0 Å². The van der Waals surface area contributed by atoms with Crippen molar-refractivity contribution >= 4 is 22.7 Å². The van der Waals surface area contributed by atoms with Crippen LogP contribution in [0.1, 0.15) is 53.9 Å². The van der Waals surface area contributed by atoms with Crippen LogP contribution in [0.3, 0.4) is 0 Å². The van der Waals surface area contributed by atoms with E-state index in [-0.39, 0.29) is 0 Å². The van der Waals surface area contributed by atoms with Gasteiger partial charge in [-0.1, -0.05) is 17.7 Å². The largest absolute Gasteiger partial charge is 0.320 e. The van der Waals surface area contributed by atoms with E-state index in [1.54, 1.807) is 5.56 Å². The zero-order chi connectivity index (χ0) is 18.5. The maximum absolute atomic E-state index is 4.48. The lowest BCUT2D eigenvalue weighted by Gasteiger charge is -2.30. The highest BCUT2D eigenvalue weighted by Crippen LogP contribution is 2.43. The van der Waals surface area contributed by atoms with E-state index in [9.17, 15) is 0 Å². The first kappa shape index (κ1) is 16.8. The Morgan fingerprint density at radius 1 is 1.15 bits per heavy atom. The van der Waals surface area contributed by atoms with Crippen molar-refractivity contribution in [2.45, 2.75) is 46.1 Å². The van der Waals surface area contributed by atoms with Crippen molar-refractivity contribution in [2.75, 3.05) is 13.1 Å². The normalized spacial score (nSPS) is 20.1. The Hall–Kier alpha value is -2.39. The van der Waals surface area contributed by atoms with Crippen LogP contribution >= 0.6 is 0 Å². The zero-order valence-electron chi connectivity index (χ0n) is 16.5. The van der Waals surface area contributed by atoms with E-state index >= 15 is 0 Å². The summed E-state index contributed by atoms with van der Waals surface area (Å²) in [5, 5.41) is 1.45. The first-order valence-corrected chi connectivity index (χ1v) is 10.1. The molecular weight excluding hydrogens is 330 g/mol. The molecule has 0 radical (unpaired) electrons. The molecule has 4 heterocycles. The fourth-order valence-electron chi connectivity index (χ4n) is 4.92. The van der Waals surface area contributed by atoms with Crippen LogP contribution < -0.4 is 0 Å². The van der Waals surface area contributed by atoms with E-state index in [1.165, 1.54) is 59.2 Å². The van der Waals surface area contributed by atoms with Gasteiger partial charge in [0.1, 0.15) is 0 Å². The molecule has 0 N–H and O–H groups in total. The van der Waals surface area contributed by atoms with Gasteiger partial charge in [-0.15, -0.1) is 0 Å². The summed E-state index contributed by atoms with van der Waals surface area (Å²) in [5.41, 5.74) is 9.31. The van der Waals surface area contributed by atoms with Crippen LogP contribution in [0.4, 0.5) is 0 Å². The lowest BCUT2D eigenvalue weighted by molar-refractivity contribution is 0.243. The average Bonchev–Trinajstić information content (AvgIpc) is 3.25. The molecule has 1 unspecified atom stereocenters. The van der Waals surface area contributed by atoms with Crippen molar-refractivity contribution in [1.82, 2.24) is 14.5 Å². The third kappa shape index (κ3) is 2.72. The Balaban J connectivity index is 1.71. The molecule has 138 valence electrons. The second kappa shape index (κ2) is 6.35. The maximum Gasteiger partial charge on any atom is 0.0529 e. The monoisotopic (exact) mass is 357 g/mol. The molecule has 1 fully saturated rings. The Morgan fingerprint density at radius 3 is 2.85 bits per heavy atom. The highest BCUT2D eigenvalue weighted by atomic mass is 15.2. The van der Waals surface area contributed by atoms with E-state index in [0.717, 1.165) is 12.1 Å². The Bertz CT molecular complexity index is 1040. The summed E-state index contributed by atoms with van der Waals surface area (Å²) >= 11 is 0. The molecule has 2 aromatic heterocycles. The third-order valence-electron chi connectivity index (χ3n) is 6.33. The SMILES string of the molecule is C/C(=C\n1c2c(c3cc(C)ccc31)C1CCCN1CC2)c1ccc(C)nc1. The lowest BCUT2D eigenvalue weighted by Crippen LogP contribution is -2.31. The van der Waals surface area contributed by atoms with E-state index in [2.05, 4.69) is 64.8 Å². The number of hydrogen-bond donors (Lipinski definition) is 0. The zero-order valence-corrected chi connectivity index (χ0v) is 16.5. The van der Waals surface area contributed by atoms with Crippen LogP contribution in [0, 0.1) is 13.8 Å². The van der Waals surface area contributed by atoms with Gasteiger partial charge < -0.3 is 4.57 Å². The quantitative estimate of drug-likeness (QED) is 0.615. The van der Waals surface area contributed by atoms with Crippen molar-refractivity contribution in [3.8, 4) is 0 Å². The van der Waals surface area contributed by atoms with Crippen LogP contribution in [0.15, 0.2) is 36.5 Å². The molecule has 0 bridgehead atoms. The smallest absolute Gasteiger partial charge is 0.0529 e. The maximum atomic E-state index is 4.48. The molecule has 27 heavy (non-hydrogen) atoms. The molecule has 0 saturated carbocycles. The number of aryl methyl sites for hydroxylation is 2. The molecule has 1 atom stereocenters. The van der Waals surface area contributed by atoms with E-state index in [1.807, 2.05) is 13.1 Å². The molecule has 2 aliphatic rings. The minimum atomic E-state index is 0.606. The van der Waals surface area contributed by atoms with Gasteiger partial charge in [0.15, 0.2) is 0 Å². The van der Waals surface area contributed by atoms with Gasteiger partial charge in [0.2, 0.25) is 0 Å². The third-order valence-corrected chi connectivity index (χ3v) is 6.33. The summed E-state index contributed by atoms with van der Waals surface area (Å²) < 4.78 is 2.47. The van der Waals surface area contributed by atoms with Gasteiger partial charge in [0, 0.05) is 48.2 Å². The summed E-state index contributed by atoms with van der Waals surface area (Å²) in [6.45, 7) is 8.88. The Morgan fingerprint density at radius 2 is 2.04 bits per heavy atom. The second-order valence-electron chi connectivity index (χ2n) is 8.20.